The summed E-state index contributed by atoms with van der Waals surface area (Å²) in [7, 11) is 0. The van der Waals surface area contributed by atoms with Crippen LogP contribution in [0.1, 0.15) is 30.4 Å². The van der Waals surface area contributed by atoms with Crippen molar-refractivity contribution in [3.8, 4) is 0 Å². The number of halogens is 4. The Balaban J connectivity index is 2.01. The van der Waals surface area contributed by atoms with E-state index in [1.54, 1.807) is 6.07 Å². The number of benzene rings is 1. The number of hydrogen-bond acceptors (Lipinski definition) is 1. The van der Waals surface area contributed by atoms with Gasteiger partial charge in [0.2, 0.25) is 0 Å². The molecule has 0 spiro atoms. The molecule has 1 N–H and O–H groups in total. The highest BCUT2D eigenvalue weighted by Crippen LogP contribution is 2.33. The molecule has 0 amide bonds. The molecule has 0 bridgehead atoms. The van der Waals surface area contributed by atoms with Gasteiger partial charge in [0, 0.05) is 18.0 Å². The van der Waals surface area contributed by atoms with Crippen LogP contribution in [0.25, 0.3) is 0 Å². The molecule has 2 rings (SSSR count). The average Bonchev–Trinajstić information content (AvgIpc) is 2.27. The van der Waals surface area contributed by atoms with Crippen LogP contribution in [0.4, 0.5) is 13.2 Å². The Bertz CT molecular complexity index is 407. The van der Waals surface area contributed by atoms with Gasteiger partial charge in [0.15, 0.2) is 0 Å². The maximum absolute atomic E-state index is 12.5. The lowest BCUT2D eigenvalue weighted by atomic mass is 9.78. The Kier molecular flexibility index (Phi) is 3.87. The van der Waals surface area contributed by atoms with Crippen molar-refractivity contribution >= 4 is 11.6 Å². The lowest BCUT2D eigenvalue weighted by Crippen LogP contribution is -2.52. The van der Waals surface area contributed by atoms with Gasteiger partial charge < -0.3 is 5.32 Å². The molecule has 1 aromatic rings. The van der Waals surface area contributed by atoms with Crippen LogP contribution in [0.5, 0.6) is 0 Å². The van der Waals surface area contributed by atoms with E-state index in [1.165, 1.54) is 12.1 Å². The van der Waals surface area contributed by atoms with E-state index in [2.05, 4.69) is 5.32 Å². The molecule has 5 heteroatoms. The molecular weight excluding hydrogens is 263 g/mol. The summed E-state index contributed by atoms with van der Waals surface area (Å²) in [5, 5.41) is 3.28. The normalized spacial score (nSPS) is 18.4. The molecule has 100 valence electrons. The fourth-order valence-corrected chi connectivity index (χ4v) is 2.47. The minimum Gasteiger partial charge on any atom is -0.306 e. The Hall–Kier alpha value is -0.740. The van der Waals surface area contributed by atoms with Gasteiger partial charge in [-0.15, -0.1) is 11.6 Å². The molecule has 1 aromatic carbocycles. The quantitative estimate of drug-likeness (QED) is 0.822. The van der Waals surface area contributed by atoms with Crippen LogP contribution in [-0.4, -0.2) is 11.4 Å². The van der Waals surface area contributed by atoms with Gasteiger partial charge in [-0.25, -0.2) is 0 Å². The molecule has 0 radical (unpaired) electrons. The highest BCUT2D eigenvalue weighted by Gasteiger charge is 2.35. The Morgan fingerprint density at radius 2 is 2.00 bits per heavy atom. The molecule has 1 saturated carbocycles. The summed E-state index contributed by atoms with van der Waals surface area (Å²) in [6.07, 6.45) is -1.16. The first-order valence-electron chi connectivity index (χ1n) is 5.92. The molecule has 1 fully saturated rings. The third-order valence-electron chi connectivity index (χ3n) is 3.49. The minimum atomic E-state index is -4.28. The van der Waals surface area contributed by atoms with E-state index < -0.39 is 11.7 Å². The highest BCUT2D eigenvalue weighted by atomic mass is 35.5. The molecule has 18 heavy (non-hydrogen) atoms. The van der Waals surface area contributed by atoms with E-state index in [4.69, 9.17) is 11.6 Å². The zero-order valence-electron chi connectivity index (χ0n) is 9.86. The van der Waals surface area contributed by atoms with Gasteiger partial charge in [0.1, 0.15) is 0 Å². The maximum atomic E-state index is 12.5. The SMILES string of the molecule is FC(F)(F)c1cccc(CNC2(CCl)CCC2)c1. The summed E-state index contributed by atoms with van der Waals surface area (Å²) in [6.45, 7) is 0.427. The summed E-state index contributed by atoms with van der Waals surface area (Å²) in [5.74, 6) is 0.506. The van der Waals surface area contributed by atoms with Crippen molar-refractivity contribution in [2.45, 2.75) is 37.5 Å². The lowest BCUT2D eigenvalue weighted by molar-refractivity contribution is -0.137. The predicted octanol–water partition coefficient (Wildman–Crippen LogP) is 3.96. The topological polar surface area (TPSA) is 12.0 Å². The van der Waals surface area contributed by atoms with Crippen LogP contribution in [-0.2, 0) is 12.7 Å². The second kappa shape index (κ2) is 5.10. The first-order valence-corrected chi connectivity index (χ1v) is 6.46. The molecule has 0 atom stereocenters. The van der Waals surface area contributed by atoms with Crippen molar-refractivity contribution in [3.63, 3.8) is 0 Å². The van der Waals surface area contributed by atoms with Crippen molar-refractivity contribution in [3.05, 3.63) is 35.4 Å². The average molecular weight is 278 g/mol. The zero-order chi connectivity index (χ0) is 13.2. The number of nitrogens with one attached hydrogen (secondary N) is 1. The van der Waals surface area contributed by atoms with Gasteiger partial charge >= 0.3 is 6.18 Å². The standard InChI is InChI=1S/C13H15ClF3N/c14-9-12(5-2-6-12)18-8-10-3-1-4-11(7-10)13(15,16)17/h1,3-4,7,18H,2,5-6,8-9H2. The van der Waals surface area contributed by atoms with E-state index in [0.717, 1.165) is 25.3 Å². The van der Waals surface area contributed by atoms with E-state index in [-0.39, 0.29) is 5.54 Å². The molecule has 0 aliphatic heterocycles. The van der Waals surface area contributed by atoms with Gasteiger partial charge in [-0.2, -0.15) is 13.2 Å². The summed E-state index contributed by atoms with van der Waals surface area (Å²) in [4.78, 5) is 0. The summed E-state index contributed by atoms with van der Waals surface area (Å²) in [6, 6.07) is 5.41. The van der Waals surface area contributed by atoms with Crippen LogP contribution in [0.3, 0.4) is 0 Å². The van der Waals surface area contributed by atoms with Crippen LogP contribution >= 0.6 is 11.6 Å². The molecule has 1 aliphatic carbocycles. The summed E-state index contributed by atoms with van der Waals surface area (Å²) in [5.41, 5.74) is -0.0351. The summed E-state index contributed by atoms with van der Waals surface area (Å²) < 4.78 is 37.6. The Labute approximate surface area is 109 Å². The zero-order valence-corrected chi connectivity index (χ0v) is 10.6. The van der Waals surface area contributed by atoms with Crippen molar-refractivity contribution in [1.29, 1.82) is 0 Å². The molecular formula is C13H15ClF3N. The fraction of sp³-hybridized carbons (Fsp3) is 0.538. The third-order valence-corrected chi connectivity index (χ3v) is 4.00. The smallest absolute Gasteiger partial charge is 0.306 e. The van der Waals surface area contributed by atoms with Gasteiger partial charge in [-0.3, -0.25) is 0 Å². The van der Waals surface area contributed by atoms with E-state index in [1.807, 2.05) is 0 Å². The van der Waals surface area contributed by atoms with Crippen LogP contribution < -0.4 is 5.32 Å². The number of alkyl halides is 4. The first kappa shape index (κ1) is 13.7. The van der Waals surface area contributed by atoms with Gasteiger partial charge in [0.05, 0.1) is 5.56 Å². The maximum Gasteiger partial charge on any atom is 0.416 e. The van der Waals surface area contributed by atoms with Crippen molar-refractivity contribution in [1.82, 2.24) is 5.32 Å². The molecule has 1 nitrogen and oxygen atoms in total. The Morgan fingerprint density at radius 3 is 2.50 bits per heavy atom. The molecule has 0 unspecified atom stereocenters. The third kappa shape index (κ3) is 2.98. The summed E-state index contributed by atoms with van der Waals surface area (Å²) >= 11 is 5.89. The molecule has 0 aromatic heterocycles. The fourth-order valence-electron chi connectivity index (χ4n) is 2.11. The van der Waals surface area contributed by atoms with Gasteiger partial charge in [-0.1, -0.05) is 18.2 Å². The largest absolute Gasteiger partial charge is 0.416 e. The second-order valence-electron chi connectivity index (χ2n) is 4.82. The van der Waals surface area contributed by atoms with Crippen molar-refractivity contribution < 1.29 is 13.2 Å². The minimum absolute atomic E-state index is 0.0736. The molecule has 1 aliphatic rings. The highest BCUT2D eigenvalue weighted by molar-refractivity contribution is 6.18. The van der Waals surface area contributed by atoms with Crippen LogP contribution in [0, 0.1) is 0 Å². The van der Waals surface area contributed by atoms with Crippen LogP contribution in [0.2, 0.25) is 0 Å². The van der Waals surface area contributed by atoms with Gasteiger partial charge in [-0.05, 0) is 30.9 Å². The predicted molar refractivity (Wildman–Crippen MR) is 65.6 cm³/mol. The van der Waals surface area contributed by atoms with E-state index in [9.17, 15) is 13.2 Å². The monoisotopic (exact) mass is 277 g/mol. The van der Waals surface area contributed by atoms with Crippen molar-refractivity contribution in [2.75, 3.05) is 5.88 Å². The second-order valence-corrected chi connectivity index (χ2v) is 5.09. The first-order chi connectivity index (χ1) is 8.45. The number of hydrogen-bond donors (Lipinski definition) is 1. The Morgan fingerprint density at radius 1 is 1.28 bits per heavy atom. The van der Waals surface area contributed by atoms with Gasteiger partial charge in [0.25, 0.3) is 0 Å². The van der Waals surface area contributed by atoms with E-state index >= 15 is 0 Å². The lowest BCUT2D eigenvalue weighted by Gasteiger charge is -2.41. The van der Waals surface area contributed by atoms with Crippen molar-refractivity contribution in [2.24, 2.45) is 0 Å². The number of rotatable bonds is 4. The molecule has 0 heterocycles. The molecule has 0 saturated heterocycles. The van der Waals surface area contributed by atoms with E-state index in [0.29, 0.717) is 18.0 Å². The van der Waals surface area contributed by atoms with Crippen LogP contribution in [0.15, 0.2) is 24.3 Å².